The number of hydrogen-bond donors (Lipinski definition) is 1. The van der Waals surface area contributed by atoms with Crippen molar-refractivity contribution in [3.05, 3.63) is 88.6 Å². The number of halogens is 1. The number of carbonyl (C=O) groups is 1. The van der Waals surface area contributed by atoms with E-state index in [0.29, 0.717) is 21.7 Å². The highest BCUT2D eigenvalue weighted by molar-refractivity contribution is 8.45. The van der Waals surface area contributed by atoms with Crippen LogP contribution in [-0.4, -0.2) is 26.3 Å². The zero-order valence-electron chi connectivity index (χ0n) is 16.5. The molecule has 158 valence electrons. The number of nitrogens with zero attached hydrogens (tertiary/aromatic N) is 3. The molecule has 0 bridgehead atoms. The highest BCUT2D eigenvalue weighted by Gasteiger charge is 2.36. The molecule has 0 spiro atoms. The average molecular weight is 479 g/mol. The van der Waals surface area contributed by atoms with E-state index in [1.165, 1.54) is 28.4 Å². The Morgan fingerprint density at radius 3 is 2.69 bits per heavy atom. The van der Waals surface area contributed by atoms with Gasteiger partial charge in [0.15, 0.2) is 10.2 Å². The van der Waals surface area contributed by atoms with Crippen LogP contribution in [0.4, 0.5) is 0 Å². The van der Waals surface area contributed by atoms with E-state index in [9.17, 15) is 4.79 Å². The molecule has 0 fully saturated rings. The van der Waals surface area contributed by atoms with E-state index < -0.39 is 5.91 Å². The van der Waals surface area contributed by atoms with Crippen LogP contribution in [0.25, 0.3) is 17.4 Å². The van der Waals surface area contributed by atoms with Crippen molar-refractivity contribution < 1.29 is 9.21 Å². The number of thioether (sulfide) groups is 2. The number of amides is 1. The Kier molecular flexibility index (Phi) is 5.73. The summed E-state index contributed by atoms with van der Waals surface area (Å²) in [5, 5.41) is 15.3. The van der Waals surface area contributed by atoms with E-state index in [1.807, 2.05) is 48.5 Å². The van der Waals surface area contributed by atoms with Gasteiger partial charge in [-0.25, -0.2) is 0 Å². The topological polar surface area (TPSA) is 82.0 Å². The third-order valence-corrected chi connectivity index (χ3v) is 7.14. The van der Waals surface area contributed by atoms with Gasteiger partial charge in [0.25, 0.3) is 5.91 Å². The van der Waals surface area contributed by atoms with Gasteiger partial charge < -0.3 is 4.42 Å². The van der Waals surface area contributed by atoms with Crippen LogP contribution in [0.2, 0.25) is 5.02 Å². The number of aliphatic imine (C=N–C) groups is 1. The summed E-state index contributed by atoms with van der Waals surface area (Å²) in [5.74, 6) is 1.24. The van der Waals surface area contributed by atoms with Crippen molar-refractivity contribution in [3.63, 3.8) is 0 Å². The van der Waals surface area contributed by atoms with Crippen LogP contribution in [-0.2, 0) is 10.5 Å². The molecule has 6 nitrogen and oxygen atoms in total. The van der Waals surface area contributed by atoms with Crippen molar-refractivity contribution >= 4 is 62.5 Å². The van der Waals surface area contributed by atoms with E-state index in [0.717, 1.165) is 15.7 Å². The average Bonchev–Trinajstić information content (AvgIpc) is 3.43. The van der Waals surface area contributed by atoms with Gasteiger partial charge in [-0.05, 0) is 47.7 Å². The minimum Gasteiger partial charge on any atom is -0.457 e. The molecule has 0 radical (unpaired) electrons. The van der Waals surface area contributed by atoms with Gasteiger partial charge in [-0.1, -0.05) is 65.8 Å². The maximum atomic E-state index is 12.6. The van der Waals surface area contributed by atoms with Crippen molar-refractivity contribution in [2.75, 3.05) is 0 Å². The first-order valence-corrected chi connectivity index (χ1v) is 11.8. The lowest BCUT2D eigenvalue weighted by atomic mass is 10.1. The molecule has 3 heterocycles. The summed E-state index contributed by atoms with van der Waals surface area (Å²) in [7, 11) is 0. The maximum absolute atomic E-state index is 12.6. The summed E-state index contributed by atoms with van der Waals surface area (Å²) < 4.78 is 6.59. The molecule has 2 aliphatic rings. The molecule has 9 heteroatoms. The molecular weight excluding hydrogens is 464 g/mol. The van der Waals surface area contributed by atoms with Crippen molar-refractivity contribution in [2.45, 2.75) is 5.75 Å². The van der Waals surface area contributed by atoms with Gasteiger partial charge in [0.05, 0.1) is 10.6 Å². The molecule has 0 saturated carbocycles. The number of amidine groups is 2. The fraction of sp³-hybridized carbons (Fsp3) is 0.0435. The third kappa shape index (κ3) is 4.17. The van der Waals surface area contributed by atoms with Crippen molar-refractivity contribution in [2.24, 2.45) is 10.1 Å². The number of carbonyl (C=O) groups excluding carboxylic acids is 1. The highest BCUT2D eigenvalue weighted by Crippen LogP contribution is 2.34. The van der Waals surface area contributed by atoms with Crippen LogP contribution in [0.1, 0.15) is 11.3 Å². The largest absolute Gasteiger partial charge is 0.457 e. The molecule has 3 aromatic rings. The van der Waals surface area contributed by atoms with Crippen LogP contribution in [0.3, 0.4) is 0 Å². The van der Waals surface area contributed by atoms with Crippen molar-refractivity contribution in [1.29, 1.82) is 5.41 Å². The molecule has 0 saturated heterocycles. The highest BCUT2D eigenvalue weighted by atomic mass is 35.5. The van der Waals surface area contributed by atoms with Gasteiger partial charge in [-0.15, -0.1) is 5.10 Å². The first kappa shape index (κ1) is 20.8. The fourth-order valence-electron chi connectivity index (χ4n) is 3.13. The first-order valence-electron chi connectivity index (χ1n) is 9.60. The second kappa shape index (κ2) is 8.82. The molecule has 0 atom stereocenters. The number of benzene rings is 2. The minimum atomic E-state index is -0.492. The molecule has 1 aromatic heterocycles. The molecule has 0 aliphatic carbocycles. The Balaban J connectivity index is 1.36. The molecule has 1 amide bonds. The Hall–Kier alpha value is -3.07. The lowest BCUT2D eigenvalue weighted by Crippen LogP contribution is -2.35. The lowest BCUT2D eigenvalue weighted by Gasteiger charge is -2.19. The van der Waals surface area contributed by atoms with Gasteiger partial charge >= 0.3 is 0 Å². The Morgan fingerprint density at radius 2 is 1.88 bits per heavy atom. The van der Waals surface area contributed by atoms with Crippen molar-refractivity contribution in [3.8, 4) is 11.3 Å². The summed E-state index contributed by atoms with van der Waals surface area (Å²) in [6.07, 6.45) is 1.51. The monoisotopic (exact) mass is 478 g/mol. The number of nitrogens with one attached hydrogen (secondary N) is 1. The number of furan rings is 1. The predicted octanol–water partition coefficient (Wildman–Crippen LogP) is 6.11. The summed E-state index contributed by atoms with van der Waals surface area (Å²) >= 11 is 9.08. The van der Waals surface area contributed by atoms with Crippen LogP contribution in [0, 0.1) is 5.41 Å². The minimum absolute atomic E-state index is 0.0292. The molecule has 2 aliphatic heterocycles. The number of rotatable bonds is 4. The van der Waals surface area contributed by atoms with Crippen LogP contribution < -0.4 is 0 Å². The smallest absolute Gasteiger partial charge is 0.283 e. The maximum Gasteiger partial charge on any atom is 0.283 e. The van der Waals surface area contributed by atoms with E-state index >= 15 is 0 Å². The van der Waals surface area contributed by atoms with Crippen LogP contribution >= 0.6 is 35.1 Å². The summed E-state index contributed by atoms with van der Waals surface area (Å²) in [5.41, 5.74) is 2.05. The lowest BCUT2D eigenvalue weighted by molar-refractivity contribution is -0.114. The normalized spacial score (nSPS) is 16.9. The molecular formula is C23H15ClN4O2S2. The number of fused-ring (bicyclic) bond motifs is 1. The van der Waals surface area contributed by atoms with E-state index in [2.05, 4.69) is 10.1 Å². The Labute approximate surface area is 197 Å². The van der Waals surface area contributed by atoms with Gasteiger partial charge in [0.1, 0.15) is 11.5 Å². The molecule has 2 aromatic carbocycles. The van der Waals surface area contributed by atoms with Gasteiger partial charge in [0.2, 0.25) is 5.17 Å². The first-order chi connectivity index (χ1) is 15.6. The fourth-order valence-corrected chi connectivity index (χ4v) is 5.24. The molecule has 32 heavy (non-hydrogen) atoms. The van der Waals surface area contributed by atoms with E-state index in [-0.39, 0.29) is 11.4 Å². The van der Waals surface area contributed by atoms with Gasteiger partial charge in [-0.2, -0.15) is 10.0 Å². The standard InChI is InChI=1S/C23H15ClN4O2S2/c24-18-9-5-4-8-16(18)19-11-10-15(30-19)12-17-20(25)28-22(26-21(17)29)32-23(27-28)31-13-14-6-2-1-3-7-14/h1-12,25H,13H2/b17-12-,25-20?. The summed E-state index contributed by atoms with van der Waals surface area (Å²) in [6.45, 7) is 0. The summed E-state index contributed by atoms with van der Waals surface area (Å²) in [6, 6.07) is 20.9. The second-order valence-electron chi connectivity index (χ2n) is 6.84. The van der Waals surface area contributed by atoms with Crippen LogP contribution in [0.15, 0.2) is 86.8 Å². The van der Waals surface area contributed by atoms with Crippen LogP contribution in [0.5, 0.6) is 0 Å². The third-order valence-electron chi connectivity index (χ3n) is 4.69. The van der Waals surface area contributed by atoms with E-state index in [1.54, 1.807) is 30.0 Å². The molecule has 0 unspecified atom stereocenters. The molecule has 5 rings (SSSR count). The Morgan fingerprint density at radius 1 is 1.09 bits per heavy atom. The van der Waals surface area contributed by atoms with Gasteiger partial charge in [-0.3, -0.25) is 10.2 Å². The van der Waals surface area contributed by atoms with Gasteiger partial charge in [0, 0.05) is 11.3 Å². The van der Waals surface area contributed by atoms with Crippen molar-refractivity contribution in [1.82, 2.24) is 5.01 Å². The molecule has 1 N–H and O–H groups in total. The summed E-state index contributed by atoms with van der Waals surface area (Å²) in [4.78, 5) is 16.7. The predicted molar refractivity (Wildman–Crippen MR) is 132 cm³/mol. The zero-order valence-corrected chi connectivity index (χ0v) is 18.9. The number of hydrogen-bond acceptors (Lipinski definition) is 6. The Bertz CT molecular complexity index is 1310. The second-order valence-corrected chi connectivity index (χ2v) is 9.43. The number of hydrazone groups is 1. The quantitative estimate of drug-likeness (QED) is 0.457. The SMILES string of the molecule is N=C1/C(=C/c2ccc(-c3ccccc3Cl)o2)C(=O)N=C2SC(SCc3ccccc3)=NN12. The zero-order chi connectivity index (χ0) is 22.1. The van der Waals surface area contributed by atoms with E-state index in [4.69, 9.17) is 21.4 Å².